The number of hydrogen-bond acceptors (Lipinski definition) is 5. The SMILES string of the molecule is CCOCC(C)OCc1c(C(=O)NN)sc2ccccc12. The minimum Gasteiger partial charge on any atom is -0.379 e. The molecular formula is C15H20N2O3S. The van der Waals surface area contributed by atoms with E-state index in [0.29, 0.717) is 24.7 Å². The van der Waals surface area contributed by atoms with Gasteiger partial charge in [0.25, 0.3) is 5.91 Å². The van der Waals surface area contributed by atoms with Crippen LogP contribution in [0.3, 0.4) is 0 Å². The number of carbonyl (C=O) groups is 1. The maximum atomic E-state index is 11.9. The molecule has 114 valence electrons. The zero-order valence-corrected chi connectivity index (χ0v) is 13.0. The first-order valence-electron chi connectivity index (χ1n) is 6.88. The number of hydrazine groups is 1. The van der Waals surface area contributed by atoms with Crippen LogP contribution in [0, 0.1) is 0 Å². The standard InChI is InChI=1S/C15H20N2O3S/c1-3-19-8-10(2)20-9-12-11-6-4-5-7-13(11)21-14(12)15(18)17-16/h4-7,10H,3,8-9,16H2,1-2H3,(H,17,18). The highest BCUT2D eigenvalue weighted by Gasteiger charge is 2.18. The lowest BCUT2D eigenvalue weighted by Gasteiger charge is -2.13. The molecule has 0 aliphatic heterocycles. The number of nitrogens with two attached hydrogens (primary N) is 1. The summed E-state index contributed by atoms with van der Waals surface area (Å²) in [5.41, 5.74) is 3.07. The van der Waals surface area contributed by atoms with Crippen molar-refractivity contribution in [3.63, 3.8) is 0 Å². The second kappa shape index (κ2) is 7.51. The van der Waals surface area contributed by atoms with Crippen LogP contribution in [0.25, 0.3) is 10.1 Å². The average molecular weight is 308 g/mol. The highest BCUT2D eigenvalue weighted by molar-refractivity contribution is 7.21. The van der Waals surface area contributed by atoms with Gasteiger partial charge in [-0.1, -0.05) is 18.2 Å². The molecule has 5 nitrogen and oxygen atoms in total. The summed E-state index contributed by atoms with van der Waals surface area (Å²) in [6, 6.07) is 7.88. The lowest BCUT2D eigenvalue weighted by molar-refractivity contribution is -0.0113. The molecule has 0 aliphatic rings. The number of rotatable bonds is 7. The molecule has 0 spiro atoms. The second-order valence-electron chi connectivity index (χ2n) is 4.66. The van der Waals surface area contributed by atoms with E-state index in [0.717, 1.165) is 15.6 Å². The molecule has 0 aliphatic carbocycles. The maximum Gasteiger partial charge on any atom is 0.275 e. The van der Waals surface area contributed by atoms with Crippen LogP contribution in [0.15, 0.2) is 24.3 Å². The summed E-state index contributed by atoms with van der Waals surface area (Å²) >= 11 is 1.42. The summed E-state index contributed by atoms with van der Waals surface area (Å²) in [6.45, 7) is 5.46. The maximum absolute atomic E-state index is 11.9. The van der Waals surface area contributed by atoms with Crippen molar-refractivity contribution < 1.29 is 14.3 Å². The van der Waals surface area contributed by atoms with Crippen molar-refractivity contribution >= 4 is 27.3 Å². The molecule has 0 fully saturated rings. The third-order valence-corrected chi connectivity index (χ3v) is 4.32. The minimum atomic E-state index is -0.285. The number of carbonyl (C=O) groups excluding carboxylic acids is 1. The van der Waals surface area contributed by atoms with Crippen LogP contribution in [-0.2, 0) is 16.1 Å². The summed E-state index contributed by atoms with van der Waals surface area (Å²) in [5, 5.41) is 1.03. The normalized spacial score (nSPS) is 12.5. The van der Waals surface area contributed by atoms with Crippen molar-refractivity contribution in [2.75, 3.05) is 13.2 Å². The molecule has 6 heteroatoms. The van der Waals surface area contributed by atoms with Crippen LogP contribution in [0.2, 0.25) is 0 Å². The number of nitrogens with one attached hydrogen (secondary N) is 1. The van der Waals surface area contributed by atoms with E-state index in [2.05, 4.69) is 5.43 Å². The molecule has 0 bridgehead atoms. The first kappa shape index (κ1) is 15.9. The molecule has 1 atom stereocenters. The van der Waals surface area contributed by atoms with E-state index >= 15 is 0 Å². The molecule has 1 amide bonds. The van der Waals surface area contributed by atoms with Crippen molar-refractivity contribution in [2.45, 2.75) is 26.6 Å². The van der Waals surface area contributed by atoms with Crippen molar-refractivity contribution in [3.05, 3.63) is 34.7 Å². The number of benzene rings is 1. The molecule has 1 heterocycles. The summed E-state index contributed by atoms with van der Waals surface area (Å²) in [4.78, 5) is 12.5. The Morgan fingerprint density at radius 3 is 2.90 bits per heavy atom. The minimum absolute atomic E-state index is 0.0302. The number of nitrogen functional groups attached to an aromatic ring is 1. The predicted molar refractivity (Wildman–Crippen MR) is 84.2 cm³/mol. The molecule has 0 saturated heterocycles. The van der Waals surface area contributed by atoms with Gasteiger partial charge < -0.3 is 9.47 Å². The fraction of sp³-hybridized carbons (Fsp3) is 0.400. The van der Waals surface area contributed by atoms with Gasteiger partial charge in [0.1, 0.15) is 0 Å². The van der Waals surface area contributed by atoms with Gasteiger partial charge in [-0.2, -0.15) is 0 Å². The molecule has 21 heavy (non-hydrogen) atoms. The Morgan fingerprint density at radius 2 is 2.19 bits per heavy atom. The number of amides is 1. The summed E-state index contributed by atoms with van der Waals surface area (Å²) in [5.74, 6) is 4.98. The van der Waals surface area contributed by atoms with Gasteiger partial charge in [-0.15, -0.1) is 11.3 Å². The van der Waals surface area contributed by atoms with E-state index in [4.69, 9.17) is 15.3 Å². The Balaban J connectivity index is 2.22. The van der Waals surface area contributed by atoms with Crippen LogP contribution in [0.4, 0.5) is 0 Å². The van der Waals surface area contributed by atoms with Crippen LogP contribution >= 0.6 is 11.3 Å². The van der Waals surface area contributed by atoms with Gasteiger partial charge in [0.15, 0.2) is 0 Å². The zero-order valence-electron chi connectivity index (χ0n) is 12.2. The summed E-state index contributed by atoms with van der Waals surface area (Å²) in [6.07, 6.45) is -0.0302. The average Bonchev–Trinajstić information content (AvgIpc) is 2.88. The molecule has 2 rings (SSSR count). The van der Waals surface area contributed by atoms with Gasteiger partial charge in [-0.05, 0) is 25.3 Å². The van der Waals surface area contributed by atoms with Crippen molar-refractivity contribution in [1.82, 2.24) is 5.43 Å². The molecule has 1 unspecified atom stereocenters. The third-order valence-electron chi connectivity index (χ3n) is 3.10. The van der Waals surface area contributed by atoms with E-state index in [1.165, 1.54) is 11.3 Å². The van der Waals surface area contributed by atoms with E-state index in [-0.39, 0.29) is 12.0 Å². The van der Waals surface area contributed by atoms with E-state index in [1.54, 1.807) is 0 Å². The fourth-order valence-corrected chi connectivity index (χ4v) is 3.16. The molecule has 0 radical (unpaired) electrons. The first-order chi connectivity index (χ1) is 10.2. The van der Waals surface area contributed by atoms with E-state index < -0.39 is 0 Å². The molecule has 2 aromatic rings. The Morgan fingerprint density at radius 1 is 1.43 bits per heavy atom. The highest BCUT2D eigenvalue weighted by atomic mass is 32.1. The van der Waals surface area contributed by atoms with E-state index in [1.807, 2.05) is 38.1 Å². The Hall–Kier alpha value is -1.47. The number of ether oxygens (including phenoxy) is 2. The fourth-order valence-electron chi connectivity index (χ4n) is 2.05. The van der Waals surface area contributed by atoms with Crippen LogP contribution in [0.1, 0.15) is 29.1 Å². The van der Waals surface area contributed by atoms with Gasteiger partial charge in [-0.3, -0.25) is 10.2 Å². The largest absolute Gasteiger partial charge is 0.379 e. The van der Waals surface area contributed by atoms with Crippen molar-refractivity contribution in [3.8, 4) is 0 Å². The number of thiophene rings is 1. The quantitative estimate of drug-likeness (QED) is 0.468. The van der Waals surface area contributed by atoms with Crippen LogP contribution < -0.4 is 11.3 Å². The van der Waals surface area contributed by atoms with E-state index in [9.17, 15) is 4.79 Å². The lowest BCUT2D eigenvalue weighted by atomic mass is 10.1. The molecular weight excluding hydrogens is 288 g/mol. The van der Waals surface area contributed by atoms with Crippen LogP contribution in [0.5, 0.6) is 0 Å². The Bertz CT molecular complexity index is 612. The number of fused-ring (bicyclic) bond motifs is 1. The van der Waals surface area contributed by atoms with Gasteiger partial charge in [0.2, 0.25) is 0 Å². The van der Waals surface area contributed by atoms with Crippen molar-refractivity contribution in [2.24, 2.45) is 5.84 Å². The molecule has 0 saturated carbocycles. The molecule has 1 aromatic heterocycles. The van der Waals surface area contributed by atoms with Gasteiger partial charge in [0.05, 0.1) is 24.2 Å². The predicted octanol–water partition coefficient (Wildman–Crippen LogP) is 2.45. The Labute approximate surface area is 128 Å². The highest BCUT2D eigenvalue weighted by Crippen LogP contribution is 2.32. The summed E-state index contributed by atoms with van der Waals surface area (Å²) in [7, 11) is 0. The molecule has 3 N–H and O–H groups in total. The summed E-state index contributed by atoms with van der Waals surface area (Å²) < 4.78 is 12.2. The zero-order chi connectivity index (χ0) is 15.2. The number of hydrogen-bond donors (Lipinski definition) is 2. The second-order valence-corrected chi connectivity index (χ2v) is 5.71. The van der Waals surface area contributed by atoms with Gasteiger partial charge in [-0.25, -0.2) is 5.84 Å². The van der Waals surface area contributed by atoms with Gasteiger partial charge >= 0.3 is 0 Å². The topological polar surface area (TPSA) is 73.6 Å². The Kier molecular flexibility index (Phi) is 5.69. The smallest absolute Gasteiger partial charge is 0.275 e. The molecule has 1 aromatic carbocycles. The van der Waals surface area contributed by atoms with Gasteiger partial charge in [0, 0.05) is 16.9 Å². The first-order valence-corrected chi connectivity index (χ1v) is 7.69. The van der Waals surface area contributed by atoms with Crippen LogP contribution in [-0.4, -0.2) is 25.2 Å². The third kappa shape index (κ3) is 3.79. The van der Waals surface area contributed by atoms with Crippen molar-refractivity contribution in [1.29, 1.82) is 0 Å². The lowest BCUT2D eigenvalue weighted by Crippen LogP contribution is -2.30. The monoisotopic (exact) mass is 308 g/mol.